The molecule has 1 saturated heterocycles. The Bertz CT molecular complexity index is 2700. The minimum absolute atomic E-state index is 0.00403. The molecule has 0 spiro atoms. The first kappa shape index (κ1) is 34.2. The molecule has 0 aliphatic carbocycles. The van der Waals surface area contributed by atoms with E-state index in [1.54, 1.807) is 23.3 Å². The second-order valence-electron chi connectivity index (χ2n) is 14.8. The Morgan fingerprint density at radius 2 is 1.80 bits per heavy atom. The van der Waals surface area contributed by atoms with Gasteiger partial charge < -0.3 is 29.0 Å². The van der Waals surface area contributed by atoms with E-state index in [0.717, 1.165) is 69.7 Å². The van der Waals surface area contributed by atoms with Crippen LogP contribution < -0.4 is 10.4 Å². The van der Waals surface area contributed by atoms with E-state index >= 15 is 0 Å². The first-order valence-electron chi connectivity index (χ1n) is 18.6. The Labute approximate surface area is 315 Å². The monoisotopic (exact) mass is 736 g/mol. The number of carbonyl (C=O) groups excluding carboxylic acids is 1. The molecule has 55 heavy (non-hydrogen) atoms. The summed E-state index contributed by atoms with van der Waals surface area (Å²) in [5.74, 6) is 1.07. The molecule has 12 nitrogen and oxygen atoms in total. The Balaban J connectivity index is 0.812. The highest BCUT2D eigenvalue weighted by Gasteiger charge is 2.25. The van der Waals surface area contributed by atoms with Crippen LogP contribution in [0.1, 0.15) is 61.3 Å². The van der Waals surface area contributed by atoms with Crippen LogP contribution in [0.4, 0.5) is 4.79 Å². The predicted molar refractivity (Wildman–Crippen MR) is 210 cm³/mol. The van der Waals surface area contributed by atoms with E-state index in [0.29, 0.717) is 48.2 Å². The number of hydrogen-bond acceptors (Lipinski definition) is 8. The average Bonchev–Trinajstić information content (AvgIpc) is 3.74. The number of carbonyl (C=O) groups is 1. The van der Waals surface area contributed by atoms with Gasteiger partial charge in [-0.2, -0.15) is 5.10 Å². The van der Waals surface area contributed by atoms with Crippen molar-refractivity contribution in [2.24, 2.45) is 5.92 Å². The molecule has 0 radical (unpaired) electrons. The molecule has 12 heteroatoms. The highest BCUT2D eigenvalue weighted by atomic mass is 16.6. The number of H-pyrrole nitrogens is 1. The third-order valence-corrected chi connectivity index (χ3v) is 10.9. The molecule has 4 aromatic heterocycles. The van der Waals surface area contributed by atoms with E-state index in [1.807, 2.05) is 56.3 Å². The van der Waals surface area contributed by atoms with Crippen LogP contribution in [0.25, 0.3) is 50.5 Å². The van der Waals surface area contributed by atoms with Gasteiger partial charge in [-0.15, -0.1) is 0 Å². The summed E-state index contributed by atoms with van der Waals surface area (Å²) in [6, 6.07) is 20.5. The molecular weight excluding hydrogens is 697 g/mol. The fraction of sp³-hybridized carbons (Fsp3) is 0.256. The number of aromatic nitrogens is 5. The van der Waals surface area contributed by atoms with Gasteiger partial charge in [0.05, 0.1) is 34.1 Å². The SMILES string of the molecule is CC(C)c1cc(-c2n[nH]c(=O)n2-c2ccc(CCC3CCN(C(=O)Oc4ccc5nc6c(cc5c4)cn4cc5c(cc64)C=COC5)CC3)cc2)c(O)cc1O. The molecule has 3 N–H and O–H groups in total. The van der Waals surface area contributed by atoms with Crippen LogP contribution in [-0.4, -0.2) is 58.4 Å². The van der Waals surface area contributed by atoms with Gasteiger partial charge in [0.15, 0.2) is 5.82 Å². The number of benzene rings is 3. The van der Waals surface area contributed by atoms with Gasteiger partial charge in [0.1, 0.15) is 23.9 Å². The van der Waals surface area contributed by atoms with Gasteiger partial charge in [-0.3, -0.25) is 0 Å². The standard InChI is InChI=1S/C43H40N6O6/c1-25(2)34-20-35(39(51)21-38(34)50)41-45-46-42(52)49(41)32-7-5-26(6-8-32)3-4-27-11-14-47(15-12-27)43(53)55-33-9-10-36-29(18-33)17-30-22-48-23-31-24-54-16-13-28(31)19-37(48)40(30)44-36/h5-10,13,16-23,25,27,50-51H,3-4,11-12,14-15,24H2,1-2H3,(H,46,52). The van der Waals surface area contributed by atoms with Crippen molar-refractivity contribution in [2.75, 3.05) is 13.1 Å². The molecule has 0 atom stereocenters. The Hall–Kier alpha value is -6.56. The number of phenols is 2. The highest BCUT2D eigenvalue weighted by molar-refractivity contribution is 6.01. The fourth-order valence-electron chi connectivity index (χ4n) is 7.85. The molecule has 0 unspecified atom stereocenters. The minimum Gasteiger partial charge on any atom is -0.508 e. The summed E-state index contributed by atoms with van der Waals surface area (Å²) in [6.45, 7) is 5.70. The zero-order valence-electron chi connectivity index (χ0n) is 30.5. The lowest BCUT2D eigenvalue weighted by Gasteiger charge is -2.31. The van der Waals surface area contributed by atoms with E-state index in [9.17, 15) is 19.8 Å². The Morgan fingerprint density at radius 3 is 2.60 bits per heavy atom. The molecule has 2 aliphatic heterocycles. The van der Waals surface area contributed by atoms with Crippen LogP contribution in [0, 0.1) is 5.92 Å². The summed E-state index contributed by atoms with van der Waals surface area (Å²) < 4.78 is 14.8. The number of amides is 1. The second kappa shape index (κ2) is 13.7. The van der Waals surface area contributed by atoms with Crippen molar-refractivity contribution < 1.29 is 24.5 Å². The first-order valence-corrected chi connectivity index (χ1v) is 18.6. The minimum atomic E-state index is -0.427. The van der Waals surface area contributed by atoms with Crippen molar-refractivity contribution in [3.05, 3.63) is 118 Å². The summed E-state index contributed by atoms with van der Waals surface area (Å²) in [4.78, 5) is 32.8. The fourth-order valence-corrected chi connectivity index (χ4v) is 7.85. The molecule has 278 valence electrons. The summed E-state index contributed by atoms with van der Waals surface area (Å²) in [7, 11) is 0. The molecule has 6 heterocycles. The van der Waals surface area contributed by atoms with Crippen molar-refractivity contribution >= 4 is 39.5 Å². The maximum atomic E-state index is 13.2. The second-order valence-corrected chi connectivity index (χ2v) is 14.8. The van der Waals surface area contributed by atoms with Gasteiger partial charge in [0, 0.05) is 47.9 Å². The number of phenolic OH excluding ortho intramolecular Hbond substituents is 2. The number of fused-ring (bicyclic) bond motifs is 5. The van der Waals surface area contributed by atoms with Crippen molar-refractivity contribution in [1.82, 2.24) is 29.0 Å². The van der Waals surface area contributed by atoms with Crippen LogP contribution in [0.15, 0.2) is 90.2 Å². The van der Waals surface area contributed by atoms with Crippen LogP contribution in [0.3, 0.4) is 0 Å². The lowest BCUT2D eigenvalue weighted by atomic mass is 9.90. The molecule has 1 fully saturated rings. The average molecular weight is 737 g/mol. The number of aromatic hydroxyl groups is 2. The van der Waals surface area contributed by atoms with Crippen LogP contribution in [0.2, 0.25) is 0 Å². The lowest BCUT2D eigenvalue weighted by Crippen LogP contribution is -2.40. The van der Waals surface area contributed by atoms with Gasteiger partial charge in [-0.05, 0) is 109 Å². The van der Waals surface area contributed by atoms with Crippen LogP contribution in [-0.2, 0) is 17.8 Å². The number of hydrogen-bond donors (Lipinski definition) is 3. The number of likely N-dealkylation sites (tertiary alicyclic amines) is 1. The van der Waals surface area contributed by atoms with E-state index in [-0.39, 0.29) is 29.3 Å². The molecule has 0 saturated carbocycles. The third-order valence-electron chi connectivity index (χ3n) is 10.9. The van der Waals surface area contributed by atoms with Crippen LogP contribution >= 0.6 is 0 Å². The molecule has 7 aromatic rings. The van der Waals surface area contributed by atoms with Crippen molar-refractivity contribution in [2.45, 2.75) is 52.1 Å². The summed E-state index contributed by atoms with van der Waals surface area (Å²) in [5, 5.41) is 29.5. The van der Waals surface area contributed by atoms with E-state index < -0.39 is 5.69 Å². The molecule has 3 aromatic carbocycles. The van der Waals surface area contributed by atoms with Gasteiger partial charge in [-0.1, -0.05) is 26.0 Å². The third kappa shape index (κ3) is 6.43. The summed E-state index contributed by atoms with van der Waals surface area (Å²) in [5.41, 5.74) is 7.39. The maximum absolute atomic E-state index is 13.2. The quantitative estimate of drug-likeness (QED) is 0.149. The Kier molecular flexibility index (Phi) is 8.52. The smallest absolute Gasteiger partial charge is 0.415 e. The molecule has 1 amide bonds. The number of nitrogens with one attached hydrogen (secondary N) is 1. The van der Waals surface area contributed by atoms with E-state index in [2.05, 4.69) is 39.1 Å². The van der Waals surface area contributed by atoms with Crippen molar-refractivity contribution in [3.63, 3.8) is 0 Å². The number of pyridine rings is 2. The number of aryl methyl sites for hydroxylation is 1. The molecule has 2 aliphatic rings. The van der Waals surface area contributed by atoms with Crippen molar-refractivity contribution in [3.8, 4) is 34.3 Å². The topological polar surface area (TPSA) is 147 Å². The van der Waals surface area contributed by atoms with E-state index in [1.165, 1.54) is 10.6 Å². The molecule has 9 rings (SSSR count). The first-order chi connectivity index (χ1) is 26.7. The highest BCUT2D eigenvalue weighted by Crippen LogP contribution is 2.37. The van der Waals surface area contributed by atoms with Gasteiger partial charge in [0.25, 0.3) is 0 Å². The maximum Gasteiger partial charge on any atom is 0.415 e. The zero-order valence-corrected chi connectivity index (χ0v) is 30.5. The van der Waals surface area contributed by atoms with Gasteiger partial charge >= 0.3 is 11.8 Å². The van der Waals surface area contributed by atoms with Gasteiger partial charge in [-0.25, -0.2) is 24.2 Å². The largest absolute Gasteiger partial charge is 0.508 e. The number of aromatic amines is 1. The van der Waals surface area contributed by atoms with Crippen molar-refractivity contribution in [1.29, 1.82) is 0 Å². The van der Waals surface area contributed by atoms with E-state index in [4.69, 9.17) is 14.5 Å². The van der Waals surface area contributed by atoms with Gasteiger partial charge in [0.2, 0.25) is 0 Å². The number of piperidine rings is 1. The zero-order chi connectivity index (χ0) is 37.8. The summed E-state index contributed by atoms with van der Waals surface area (Å²) in [6.07, 6.45) is 11.1. The molecule has 0 bridgehead atoms. The number of nitrogens with zero attached hydrogens (tertiary/aromatic N) is 5. The number of rotatable bonds is 7. The van der Waals surface area contributed by atoms with Crippen LogP contribution in [0.5, 0.6) is 17.2 Å². The molecular formula is C43H40N6O6. The lowest BCUT2D eigenvalue weighted by molar-refractivity contribution is 0.129. The predicted octanol–water partition coefficient (Wildman–Crippen LogP) is 8.06. The number of ether oxygens (including phenoxy) is 2. The Morgan fingerprint density at radius 1 is 0.982 bits per heavy atom. The normalized spacial score (nSPS) is 14.6. The summed E-state index contributed by atoms with van der Waals surface area (Å²) >= 11 is 0.